The SMILES string of the molecule is N#Cc1c(N2C=NCC2)nc2cccnn12. The maximum Gasteiger partial charge on any atom is 0.187 e. The molecule has 6 heteroatoms. The fourth-order valence-electron chi connectivity index (χ4n) is 1.71. The van der Waals surface area contributed by atoms with Crippen molar-refractivity contribution in [2.75, 3.05) is 18.0 Å². The van der Waals surface area contributed by atoms with Gasteiger partial charge in [-0.05, 0) is 12.1 Å². The molecule has 0 spiro atoms. The zero-order valence-electron chi connectivity index (χ0n) is 8.41. The van der Waals surface area contributed by atoms with Crippen LogP contribution in [-0.4, -0.2) is 34.0 Å². The summed E-state index contributed by atoms with van der Waals surface area (Å²) < 4.78 is 1.54. The fraction of sp³-hybridized carbons (Fsp3) is 0.200. The molecule has 16 heavy (non-hydrogen) atoms. The van der Waals surface area contributed by atoms with Crippen LogP contribution in [0, 0.1) is 11.3 Å². The van der Waals surface area contributed by atoms with E-state index < -0.39 is 0 Å². The van der Waals surface area contributed by atoms with Gasteiger partial charge in [-0.3, -0.25) is 4.99 Å². The molecule has 1 aliphatic rings. The van der Waals surface area contributed by atoms with Gasteiger partial charge < -0.3 is 4.90 Å². The lowest BCUT2D eigenvalue weighted by Gasteiger charge is -2.09. The largest absolute Gasteiger partial charge is 0.313 e. The third kappa shape index (κ3) is 1.15. The summed E-state index contributed by atoms with van der Waals surface area (Å²) in [5.41, 5.74) is 1.12. The molecule has 0 atom stereocenters. The Morgan fingerprint density at radius 2 is 2.38 bits per heavy atom. The third-order valence-corrected chi connectivity index (χ3v) is 2.44. The highest BCUT2D eigenvalue weighted by Gasteiger charge is 2.19. The van der Waals surface area contributed by atoms with Gasteiger partial charge in [0.25, 0.3) is 0 Å². The second kappa shape index (κ2) is 3.31. The van der Waals surface area contributed by atoms with E-state index in [9.17, 15) is 0 Å². The van der Waals surface area contributed by atoms with Crippen molar-refractivity contribution in [3.63, 3.8) is 0 Å². The van der Waals surface area contributed by atoms with Gasteiger partial charge in [0.2, 0.25) is 0 Å². The maximum atomic E-state index is 9.14. The summed E-state index contributed by atoms with van der Waals surface area (Å²) in [6, 6.07) is 5.75. The van der Waals surface area contributed by atoms with E-state index in [0.29, 0.717) is 17.2 Å². The average Bonchev–Trinajstić information content (AvgIpc) is 2.95. The van der Waals surface area contributed by atoms with Crippen molar-refractivity contribution in [1.29, 1.82) is 5.26 Å². The first-order chi connectivity index (χ1) is 7.90. The predicted octanol–water partition coefficient (Wildman–Crippen LogP) is 0.449. The first-order valence-corrected chi connectivity index (χ1v) is 4.90. The Morgan fingerprint density at radius 1 is 1.44 bits per heavy atom. The van der Waals surface area contributed by atoms with Gasteiger partial charge >= 0.3 is 0 Å². The van der Waals surface area contributed by atoms with Crippen molar-refractivity contribution >= 4 is 17.8 Å². The number of hydrogen-bond acceptors (Lipinski definition) is 5. The molecule has 0 saturated heterocycles. The summed E-state index contributed by atoms with van der Waals surface area (Å²) in [5, 5.41) is 13.2. The Kier molecular flexibility index (Phi) is 1.83. The summed E-state index contributed by atoms with van der Waals surface area (Å²) in [6.45, 7) is 1.50. The molecule has 3 heterocycles. The molecule has 0 radical (unpaired) electrons. The van der Waals surface area contributed by atoms with Crippen LogP contribution in [0.5, 0.6) is 0 Å². The molecule has 0 saturated carbocycles. The molecule has 0 fully saturated rings. The van der Waals surface area contributed by atoms with Gasteiger partial charge in [-0.2, -0.15) is 10.4 Å². The van der Waals surface area contributed by atoms with Crippen molar-refractivity contribution in [2.45, 2.75) is 0 Å². The van der Waals surface area contributed by atoms with Crippen molar-refractivity contribution in [3.05, 3.63) is 24.0 Å². The molecule has 1 aliphatic heterocycles. The summed E-state index contributed by atoms with van der Waals surface area (Å²) in [6.07, 6.45) is 3.35. The zero-order chi connectivity index (χ0) is 11.0. The lowest BCUT2D eigenvalue weighted by molar-refractivity contribution is 0.917. The summed E-state index contributed by atoms with van der Waals surface area (Å²) in [4.78, 5) is 10.4. The van der Waals surface area contributed by atoms with E-state index in [0.717, 1.165) is 13.1 Å². The van der Waals surface area contributed by atoms with Crippen LogP contribution in [0.4, 0.5) is 5.82 Å². The van der Waals surface area contributed by atoms with Crippen LogP contribution in [0.25, 0.3) is 5.65 Å². The number of fused-ring (bicyclic) bond motifs is 1. The second-order valence-electron chi connectivity index (χ2n) is 3.40. The lowest BCUT2D eigenvalue weighted by atomic mass is 10.4. The Morgan fingerprint density at radius 3 is 3.12 bits per heavy atom. The topological polar surface area (TPSA) is 69.6 Å². The number of anilines is 1. The fourth-order valence-corrected chi connectivity index (χ4v) is 1.71. The molecule has 2 aromatic heterocycles. The van der Waals surface area contributed by atoms with Crippen LogP contribution in [0.2, 0.25) is 0 Å². The minimum atomic E-state index is 0.448. The Hall–Kier alpha value is -2.42. The van der Waals surface area contributed by atoms with E-state index in [-0.39, 0.29) is 0 Å². The molecule has 2 aromatic rings. The van der Waals surface area contributed by atoms with Gasteiger partial charge in [0.1, 0.15) is 6.07 Å². The molecule has 0 amide bonds. The molecule has 0 bridgehead atoms. The number of rotatable bonds is 1. The van der Waals surface area contributed by atoms with E-state index in [1.165, 1.54) is 0 Å². The van der Waals surface area contributed by atoms with Gasteiger partial charge in [-0.1, -0.05) is 0 Å². The van der Waals surface area contributed by atoms with Crippen LogP contribution >= 0.6 is 0 Å². The number of aromatic nitrogens is 3. The number of imidazole rings is 1. The highest BCUT2D eigenvalue weighted by molar-refractivity contribution is 5.82. The summed E-state index contributed by atoms with van der Waals surface area (Å²) in [5.74, 6) is 0.627. The van der Waals surface area contributed by atoms with E-state index in [2.05, 4.69) is 21.1 Å². The lowest BCUT2D eigenvalue weighted by Crippen LogP contribution is -2.19. The molecule has 0 N–H and O–H groups in total. The van der Waals surface area contributed by atoms with E-state index in [1.54, 1.807) is 23.1 Å². The van der Waals surface area contributed by atoms with E-state index >= 15 is 0 Å². The highest BCUT2D eigenvalue weighted by atomic mass is 15.3. The minimum Gasteiger partial charge on any atom is -0.313 e. The third-order valence-electron chi connectivity index (χ3n) is 2.44. The number of nitriles is 1. The van der Waals surface area contributed by atoms with Crippen molar-refractivity contribution in [1.82, 2.24) is 14.6 Å². The van der Waals surface area contributed by atoms with Gasteiger partial charge in [0.15, 0.2) is 17.2 Å². The second-order valence-corrected chi connectivity index (χ2v) is 3.40. The maximum absolute atomic E-state index is 9.14. The number of hydrogen-bond donors (Lipinski definition) is 0. The predicted molar refractivity (Wildman–Crippen MR) is 58.4 cm³/mol. The smallest absolute Gasteiger partial charge is 0.187 e. The average molecular weight is 212 g/mol. The van der Waals surface area contributed by atoms with Crippen LogP contribution in [0.1, 0.15) is 5.69 Å². The standard InChI is InChI=1S/C10H8N6/c11-6-8-10(15-5-4-12-7-15)14-9-2-1-3-13-16(8)9/h1-3,7H,4-5H2. The van der Waals surface area contributed by atoms with Crippen LogP contribution < -0.4 is 4.90 Å². The number of aliphatic imine (C=N–C) groups is 1. The molecular formula is C10H8N6. The molecule has 0 aromatic carbocycles. The van der Waals surface area contributed by atoms with E-state index in [1.807, 2.05) is 11.0 Å². The molecule has 78 valence electrons. The zero-order valence-corrected chi connectivity index (χ0v) is 8.41. The molecule has 0 aliphatic carbocycles. The van der Waals surface area contributed by atoms with Gasteiger partial charge in [0.05, 0.1) is 12.9 Å². The van der Waals surface area contributed by atoms with Crippen LogP contribution in [0.15, 0.2) is 23.3 Å². The quantitative estimate of drug-likeness (QED) is 0.688. The minimum absolute atomic E-state index is 0.448. The molecular weight excluding hydrogens is 204 g/mol. The summed E-state index contributed by atoms with van der Waals surface area (Å²) in [7, 11) is 0. The van der Waals surface area contributed by atoms with Crippen LogP contribution in [0.3, 0.4) is 0 Å². The molecule has 3 rings (SSSR count). The first-order valence-electron chi connectivity index (χ1n) is 4.90. The van der Waals surface area contributed by atoms with Gasteiger partial charge in [-0.15, -0.1) is 0 Å². The highest BCUT2D eigenvalue weighted by Crippen LogP contribution is 2.20. The normalized spacial score (nSPS) is 14.6. The summed E-state index contributed by atoms with van der Waals surface area (Å²) >= 11 is 0. The van der Waals surface area contributed by atoms with Gasteiger partial charge in [0, 0.05) is 12.7 Å². The first kappa shape index (κ1) is 8.85. The van der Waals surface area contributed by atoms with Gasteiger partial charge in [-0.25, -0.2) is 9.50 Å². The Balaban J connectivity index is 2.24. The molecule has 0 unspecified atom stereocenters. The van der Waals surface area contributed by atoms with Crippen LogP contribution in [-0.2, 0) is 0 Å². The monoisotopic (exact) mass is 212 g/mol. The Bertz CT molecular complexity index is 605. The molecule has 6 nitrogen and oxygen atoms in total. The van der Waals surface area contributed by atoms with Crippen molar-refractivity contribution in [3.8, 4) is 6.07 Å². The Labute approximate surface area is 91.5 Å². The van der Waals surface area contributed by atoms with Crippen molar-refractivity contribution in [2.24, 2.45) is 4.99 Å². The van der Waals surface area contributed by atoms with Crippen molar-refractivity contribution < 1.29 is 0 Å². The van der Waals surface area contributed by atoms with E-state index in [4.69, 9.17) is 5.26 Å². The number of nitrogens with zero attached hydrogens (tertiary/aromatic N) is 6.